The third kappa shape index (κ3) is 2.71. The Morgan fingerprint density at radius 1 is 1.33 bits per heavy atom. The molecule has 3 rings (SSSR count). The fourth-order valence-corrected chi connectivity index (χ4v) is 4.52. The first-order chi connectivity index (χ1) is 13.0. The van der Waals surface area contributed by atoms with E-state index in [1.54, 1.807) is 6.92 Å². The van der Waals surface area contributed by atoms with E-state index in [4.69, 9.17) is 10.5 Å². The summed E-state index contributed by atoms with van der Waals surface area (Å²) >= 11 is 0. The van der Waals surface area contributed by atoms with Crippen molar-refractivity contribution in [3.05, 3.63) is 58.3 Å². The molecule has 0 saturated carbocycles. The summed E-state index contributed by atoms with van der Waals surface area (Å²) in [6.07, 6.45) is 2.64. The van der Waals surface area contributed by atoms with Gasteiger partial charge < -0.3 is 10.5 Å². The maximum atomic E-state index is 13.1. The van der Waals surface area contributed by atoms with Crippen LogP contribution in [0.15, 0.2) is 52.7 Å². The van der Waals surface area contributed by atoms with Gasteiger partial charge in [0.2, 0.25) is 5.41 Å². The van der Waals surface area contributed by atoms with Crippen molar-refractivity contribution in [3.63, 3.8) is 0 Å². The number of allylic oxidation sites excluding steroid dienone is 3. The van der Waals surface area contributed by atoms with Crippen molar-refractivity contribution < 1.29 is 9.53 Å². The average Bonchev–Trinajstić information content (AvgIpc) is 2.68. The molecule has 5 nitrogen and oxygen atoms in total. The van der Waals surface area contributed by atoms with Gasteiger partial charge in [-0.25, -0.2) is 4.79 Å². The van der Waals surface area contributed by atoms with Gasteiger partial charge in [-0.3, -0.25) is 0 Å². The Bertz CT molecular complexity index is 902. The normalized spacial score (nSPS) is 27.4. The van der Waals surface area contributed by atoms with Crippen molar-refractivity contribution in [2.75, 3.05) is 6.61 Å². The Kier molecular flexibility index (Phi) is 5.06. The van der Waals surface area contributed by atoms with E-state index < -0.39 is 17.3 Å². The third-order valence-corrected chi connectivity index (χ3v) is 5.69. The number of nitrogens with zero attached hydrogens (tertiary/aromatic N) is 2. The first-order valence-electron chi connectivity index (χ1n) is 9.29. The van der Waals surface area contributed by atoms with Crippen molar-refractivity contribution in [2.45, 2.75) is 39.0 Å². The summed E-state index contributed by atoms with van der Waals surface area (Å²) in [5, 5.41) is 20.0. The second-order valence-electron chi connectivity index (χ2n) is 7.12. The van der Waals surface area contributed by atoms with Gasteiger partial charge in [-0.15, -0.1) is 0 Å². The minimum Gasteiger partial charge on any atom is -0.464 e. The molecule has 3 atom stereocenters. The summed E-state index contributed by atoms with van der Waals surface area (Å²) in [7, 11) is 0. The van der Waals surface area contributed by atoms with E-state index in [1.165, 1.54) is 0 Å². The molecule has 0 saturated heterocycles. The van der Waals surface area contributed by atoms with Gasteiger partial charge >= 0.3 is 5.97 Å². The van der Waals surface area contributed by atoms with Crippen LogP contribution in [0.2, 0.25) is 0 Å². The molecule has 2 aliphatic rings. The molecule has 138 valence electrons. The Morgan fingerprint density at radius 3 is 2.63 bits per heavy atom. The molecular formula is C22H23N3O2. The van der Waals surface area contributed by atoms with Crippen LogP contribution < -0.4 is 5.73 Å². The summed E-state index contributed by atoms with van der Waals surface area (Å²) in [5.41, 5.74) is 7.70. The highest BCUT2D eigenvalue weighted by molar-refractivity contribution is 5.88. The second-order valence-corrected chi connectivity index (χ2v) is 7.12. The maximum absolute atomic E-state index is 13.1. The molecule has 1 aromatic rings. The van der Waals surface area contributed by atoms with Crippen molar-refractivity contribution in [1.82, 2.24) is 0 Å². The first-order valence-corrected chi connectivity index (χ1v) is 9.29. The van der Waals surface area contributed by atoms with Gasteiger partial charge in [0.1, 0.15) is 6.07 Å². The molecule has 3 unspecified atom stereocenters. The van der Waals surface area contributed by atoms with Crippen molar-refractivity contribution in [2.24, 2.45) is 17.1 Å². The summed E-state index contributed by atoms with van der Waals surface area (Å²) in [6, 6.07) is 13.8. The fraction of sp³-hybridized carbons (Fsp3) is 0.409. The zero-order valence-corrected chi connectivity index (χ0v) is 15.7. The quantitative estimate of drug-likeness (QED) is 0.827. The number of rotatable bonds is 3. The van der Waals surface area contributed by atoms with Gasteiger partial charge in [0.25, 0.3) is 0 Å². The third-order valence-electron chi connectivity index (χ3n) is 5.69. The lowest BCUT2D eigenvalue weighted by molar-refractivity contribution is -0.151. The van der Waals surface area contributed by atoms with Crippen molar-refractivity contribution in [1.29, 1.82) is 10.5 Å². The van der Waals surface area contributed by atoms with Gasteiger partial charge in [-0.05, 0) is 43.2 Å². The first kappa shape index (κ1) is 18.7. The van der Waals surface area contributed by atoms with E-state index in [1.807, 2.05) is 30.3 Å². The molecule has 0 fully saturated rings. The smallest absolute Gasteiger partial charge is 0.333 e. The highest BCUT2D eigenvalue weighted by Gasteiger charge is 2.57. The lowest BCUT2D eigenvalue weighted by Gasteiger charge is -2.43. The van der Waals surface area contributed by atoms with Crippen LogP contribution >= 0.6 is 0 Å². The van der Waals surface area contributed by atoms with E-state index >= 15 is 0 Å². The Hall–Kier alpha value is -3.05. The van der Waals surface area contributed by atoms with Crippen molar-refractivity contribution in [3.8, 4) is 12.1 Å². The largest absolute Gasteiger partial charge is 0.464 e. The lowest BCUT2D eigenvalue weighted by atomic mass is 9.58. The van der Waals surface area contributed by atoms with Gasteiger partial charge in [0.15, 0.2) is 0 Å². The zero-order chi connectivity index (χ0) is 19.6. The topological polar surface area (TPSA) is 99.9 Å². The van der Waals surface area contributed by atoms with Crippen molar-refractivity contribution >= 4 is 5.97 Å². The van der Waals surface area contributed by atoms with E-state index in [0.717, 1.165) is 36.0 Å². The average molecular weight is 361 g/mol. The number of nitriles is 2. The van der Waals surface area contributed by atoms with Gasteiger partial charge in [-0.1, -0.05) is 42.8 Å². The number of hydrogen-bond acceptors (Lipinski definition) is 5. The van der Waals surface area contributed by atoms with E-state index in [2.05, 4.69) is 19.1 Å². The number of benzene rings is 1. The Morgan fingerprint density at radius 2 is 2.04 bits per heavy atom. The summed E-state index contributed by atoms with van der Waals surface area (Å²) in [6.45, 7) is 3.91. The van der Waals surface area contributed by atoms with Crippen LogP contribution in [-0.4, -0.2) is 12.6 Å². The van der Waals surface area contributed by atoms with Crippen LogP contribution in [0.1, 0.15) is 44.6 Å². The number of carbonyl (C=O) groups is 1. The molecule has 0 heterocycles. The summed E-state index contributed by atoms with van der Waals surface area (Å²) in [4.78, 5) is 13.1. The van der Waals surface area contributed by atoms with E-state index in [9.17, 15) is 15.3 Å². The summed E-state index contributed by atoms with van der Waals surface area (Å²) < 4.78 is 5.29. The number of hydrogen-bond donors (Lipinski definition) is 1. The predicted molar refractivity (Wildman–Crippen MR) is 101 cm³/mol. The Balaban J connectivity index is 2.38. The molecule has 0 spiro atoms. The molecule has 2 aliphatic carbocycles. The van der Waals surface area contributed by atoms with Gasteiger partial charge in [-0.2, -0.15) is 10.5 Å². The maximum Gasteiger partial charge on any atom is 0.333 e. The number of esters is 1. The summed E-state index contributed by atoms with van der Waals surface area (Å²) in [5.74, 6) is -1.07. The minimum atomic E-state index is -1.72. The molecule has 0 aromatic heterocycles. The van der Waals surface area contributed by atoms with Gasteiger partial charge in [0.05, 0.1) is 23.9 Å². The van der Waals surface area contributed by atoms with Crippen LogP contribution in [0.25, 0.3) is 0 Å². The standard InChI is InChI=1S/C22H23N3O2/c1-3-27-21(26)22(13-24)19(15-9-5-4-6-10-15)16-11-7-8-14(2)18(16)17(12-23)20(22)25/h4-6,9-10,14,19H,3,7-8,11,25H2,1-2H3. The zero-order valence-electron chi connectivity index (χ0n) is 15.7. The molecule has 0 bridgehead atoms. The van der Waals surface area contributed by atoms with E-state index in [-0.39, 0.29) is 23.8 Å². The highest BCUT2D eigenvalue weighted by Crippen LogP contribution is 2.56. The number of nitrogens with two attached hydrogens (primary N) is 1. The SMILES string of the molecule is CCOC(=O)C1(C#N)C(N)=C(C#N)C2=C(CCCC2C)C1c1ccccc1. The molecule has 5 heteroatoms. The van der Waals surface area contributed by atoms with Crippen LogP contribution in [0.4, 0.5) is 0 Å². The molecule has 1 aromatic carbocycles. The molecule has 0 aliphatic heterocycles. The predicted octanol–water partition coefficient (Wildman–Crippen LogP) is 3.71. The molecule has 0 amide bonds. The highest BCUT2D eigenvalue weighted by atomic mass is 16.5. The monoisotopic (exact) mass is 361 g/mol. The van der Waals surface area contributed by atoms with Crippen LogP contribution in [0, 0.1) is 34.0 Å². The molecule has 0 radical (unpaired) electrons. The molecule has 27 heavy (non-hydrogen) atoms. The number of carbonyl (C=O) groups excluding carboxylic acids is 1. The van der Waals surface area contributed by atoms with Gasteiger partial charge in [0, 0.05) is 5.92 Å². The van der Waals surface area contributed by atoms with Crippen LogP contribution in [0.5, 0.6) is 0 Å². The van der Waals surface area contributed by atoms with E-state index in [0.29, 0.717) is 0 Å². The van der Waals surface area contributed by atoms with Crippen LogP contribution in [-0.2, 0) is 9.53 Å². The molecular weight excluding hydrogens is 338 g/mol. The lowest BCUT2D eigenvalue weighted by Crippen LogP contribution is -2.47. The Labute approximate surface area is 159 Å². The minimum absolute atomic E-state index is 0.0207. The fourth-order valence-electron chi connectivity index (χ4n) is 4.52. The van der Waals surface area contributed by atoms with Crippen LogP contribution in [0.3, 0.4) is 0 Å². The second kappa shape index (κ2) is 7.29. The number of ether oxygens (including phenoxy) is 1. The molecule has 2 N–H and O–H groups in total.